The molecule has 0 amide bonds. The van der Waals surface area contributed by atoms with Gasteiger partial charge in [0.2, 0.25) is 0 Å². The van der Waals surface area contributed by atoms with E-state index in [4.69, 9.17) is 14.2 Å². The summed E-state index contributed by atoms with van der Waals surface area (Å²) in [5.41, 5.74) is -0.409. The summed E-state index contributed by atoms with van der Waals surface area (Å²) >= 11 is 0. The molecule has 1 fully saturated rings. The molecule has 1 saturated heterocycles. The van der Waals surface area contributed by atoms with Crippen LogP contribution < -0.4 is 4.74 Å². The Bertz CT molecular complexity index is 556. The number of benzene rings is 1. The number of likely N-dealkylation sites (tertiary alicyclic amines) is 1. The Morgan fingerprint density at radius 2 is 2.13 bits per heavy atom. The molecule has 0 aromatic heterocycles. The summed E-state index contributed by atoms with van der Waals surface area (Å²) in [5.74, 6) is -0.810. The van der Waals surface area contributed by atoms with Gasteiger partial charge in [-0.1, -0.05) is 0 Å². The van der Waals surface area contributed by atoms with Crippen LogP contribution in [0.2, 0.25) is 0 Å². The molecule has 23 heavy (non-hydrogen) atoms. The zero-order valence-electron chi connectivity index (χ0n) is 14.1. The van der Waals surface area contributed by atoms with E-state index in [2.05, 4.69) is 0 Å². The average Bonchev–Trinajstić information content (AvgIpc) is 2.90. The molecule has 1 aromatic carbocycles. The first-order valence-corrected chi connectivity index (χ1v) is 7.73. The van der Waals surface area contributed by atoms with Crippen molar-refractivity contribution in [3.05, 3.63) is 29.6 Å². The predicted octanol–water partition coefficient (Wildman–Crippen LogP) is 3.19. The van der Waals surface area contributed by atoms with Gasteiger partial charge in [0.15, 0.2) is 0 Å². The fraction of sp³-hybridized carbons (Fsp3) is 0.588. The smallest absolute Gasteiger partial charge is 0.342 e. The highest BCUT2D eigenvalue weighted by atomic mass is 19.1. The summed E-state index contributed by atoms with van der Waals surface area (Å²) in [6, 6.07) is 3.81. The quantitative estimate of drug-likeness (QED) is 0.778. The zero-order chi connectivity index (χ0) is 17.0. The van der Waals surface area contributed by atoms with Gasteiger partial charge in [-0.3, -0.25) is 0 Å². The monoisotopic (exact) mass is 325 g/mol. The molecule has 0 N–H and O–H groups in total. The van der Waals surface area contributed by atoms with E-state index in [1.165, 1.54) is 18.2 Å². The predicted molar refractivity (Wildman–Crippen MR) is 83.8 cm³/mol. The van der Waals surface area contributed by atoms with Gasteiger partial charge in [0.25, 0.3) is 0 Å². The lowest BCUT2D eigenvalue weighted by molar-refractivity contribution is -0.0374. The van der Waals surface area contributed by atoms with E-state index < -0.39 is 17.4 Å². The molecule has 0 radical (unpaired) electrons. The number of nitrogens with zero attached hydrogens (tertiary/aromatic N) is 1. The maximum Gasteiger partial charge on any atom is 0.342 e. The Morgan fingerprint density at radius 3 is 2.78 bits per heavy atom. The maximum atomic E-state index is 13.5. The van der Waals surface area contributed by atoms with Gasteiger partial charge in [0, 0.05) is 19.7 Å². The molecule has 1 aromatic rings. The van der Waals surface area contributed by atoms with Crippen LogP contribution in [-0.4, -0.2) is 43.1 Å². The van der Waals surface area contributed by atoms with Crippen LogP contribution in [0.25, 0.3) is 0 Å². The first-order valence-electron chi connectivity index (χ1n) is 7.73. The molecule has 0 aliphatic carbocycles. The normalized spacial score (nSPS) is 18.9. The zero-order valence-corrected chi connectivity index (χ0v) is 14.1. The Kier molecular flexibility index (Phi) is 5.59. The molecule has 0 spiro atoms. The largest absolute Gasteiger partial charge is 0.477 e. The Hall–Kier alpha value is -1.66. The van der Waals surface area contributed by atoms with Gasteiger partial charge >= 0.3 is 5.97 Å². The molecule has 1 aliphatic rings. The van der Waals surface area contributed by atoms with Crippen LogP contribution in [0.1, 0.15) is 44.0 Å². The molecular formula is C17H24FNO4. The van der Waals surface area contributed by atoms with Crippen LogP contribution in [0.3, 0.4) is 0 Å². The number of ether oxygens (including phenoxy) is 3. The van der Waals surface area contributed by atoms with Crippen molar-refractivity contribution >= 4 is 5.97 Å². The second kappa shape index (κ2) is 7.27. The molecule has 2 rings (SSSR count). The fourth-order valence-corrected chi connectivity index (χ4v) is 2.48. The number of carbonyl (C=O) groups is 1. The number of methoxy groups -OCH3 is 1. The van der Waals surface area contributed by atoms with Gasteiger partial charge in [0.1, 0.15) is 35.7 Å². The molecule has 6 heteroatoms. The van der Waals surface area contributed by atoms with Crippen LogP contribution in [-0.2, 0) is 9.47 Å². The van der Waals surface area contributed by atoms with Gasteiger partial charge in [0.05, 0.1) is 0 Å². The van der Waals surface area contributed by atoms with E-state index >= 15 is 0 Å². The van der Waals surface area contributed by atoms with Gasteiger partial charge in [-0.15, -0.1) is 0 Å². The van der Waals surface area contributed by atoms with Crippen LogP contribution in [0.15, 0.2) is 18.2 Å². The topological polar surface area (TPSA) is 48.0 Å². The fourth-order valence-electron chi connectivity index (χ4n) is 2.48. The van der Waals surface area contributed by atoms with E-state index in [0.717, 1.165) is 19.4 Å². The Balaban J connectivity index is 2.11. The van der Waals surface area contributed by atoms with Crippen LogP contribution >= 0.6 is 0 Å². The lowest BCUT2D eigenvalue weighted by atomic mass is 10.1. The van der Waals surface area contributed by atoms with Gasteiger partial charge in [-0.2, -0.15) is 0 Å². The van der Waals surface area contributed by atoms with E-state index in [1.54, 1.807) is 27.9 Å². The SMILES string of the molecule is CO[C@H]1CCCN1COc1cc(F)ccc1C(=O)OC(C)(C)C. The molecule has 128 valence electrons. The van der Waals surface area contributed by atoms with E-state index in [1.807, 2.05) is 4.90 Å². The van der Waals surface area contributed by atoms with Gasteiger partial charge in [-0.05, 0) is 45.7 Å². The van der Waals surface area contributed by atoms with Crippen LogP contribution in [0.5, 0.6) is 5.75 Å². The highest BCUT2D eigenvalue weighted by molar-refractivity contribution is 5.92. The average molecular weight is 325 g/mol. The van der Waals surface area contributed by atoms with Crippen molar-refractivity contribution in [2.45, 2.75) is 45.4 Å². The summed E-state index contributed by atoms with van der Waals surface area (Å²) in [6.45, 7) is 6.42. The number of hydrogen-bond acceptors (Lipinski definition) is 5. The first-order chi connectivity index (χ1) is 10.8. The molecule has 1 aliphatic heterocycles. The van der Waals surface area contributed by atoms with Crippen molar-refractivity contribution in [3.63, 3.8) is 0 Å². The summed E-state index contributed by atoms with van der Waals surface area (Å²) in [6.07, 6.45) is 1.94. The minimum Gasteiger partial charge on any atom is -0.477 e. The summed E-state index contributed by atoms with van der Waals surface area (Å²) in [4.78, 5) is 14.2. The molecule has 0 unspecified atom stereocenters. The van der Waals surface area contributed by atoms with Crippen molar-refractivity contribution in [2.75, 3.05) is 20.4 Å². The van der Waals surface area contributed by atoms with Crippen LogP contribution in [0.4, 0.5) is 4.39 Å². The van der Waals surface area contributed by atoms with E-state index in [0.29, 0.717) is 0 Å². The lowest BCUT2D eigenvalue weighted by Gasteiger charge is -2.24. The Morgan fingerprint density at radius 1 is 1.39 bits per heavy atom. The molecule has 0 bridgehead atoms. The molecular weight excluding hydrogens is 301 g/mol. The first kappa shape index (κ1) is 17.7. The number of carbonyl (C=O) groups excluding carboxylic acids is 1. The standard InChI is InChI=1S/C17H24FNO4/c1-17(2,3)23-16(20)13-8-7-12(18)10-14(13)22-11-19-9-5-6-15(19)21-4/h7-8,10,15H,5-6,9,11H2,1-4H3/t15-/m0/s1. The maximum absolute atomic E-state index is 13.5. The van der Waals surface area contributed by atoms with Crippen molar-refractivity contribution in [1.82, 2.24) is 4.90 Å². The third kappa shape index (κ3) is 4.91. The number of hydrogen-bond donors (Lipinski definition) is 0. The van der Waals surface area contributed by atoms with Gasteiger partial charge in [-0.25, -0.2) is 14.1 Å². The van der Waals surface area contributed by atoms with Crippen molar-refractivity contribution in [2.24, 2.45) is 0 Å². The summed E-state index contributed by atoms with van der Waals surface area (Å²) in [5, 5.41) is 0. The second-order valence-corrected chi connectivity index (χ2v) is 6.56. The molecule has 1 heterocycles. The molecule has 1 atom stereocenters. The molecule has 0 saturated carbocycles. The minimum atomic E-state index is -0.626. The number of esters is 1. The van der Waals surface area contributed by atoms with E-state index in [9.17, 15) is 9.18 Å². The third-order valence-electron chi connectivity index (χ3n) is 3.52. The highest BCUT2D eigenvalue weighted by Crippen LogP contribution is 2.25. The Labute approximate surface area is 136 Å². The highest BCUT2D eigenvalue weighted by Gasteiger charge is 2.26. The van der Waals surface area contributed by atoms with Crippen molar-refractivity contribution in [3.8, 4) is 5.75 Å². The second-order valence-electron chi connectivity index (χ2n) is 6.56. The van der Waals surface area contributed by atoms with E-state index in [-0.39, 0.29) is 24.3 Å². The van der Waals surface area contributed by atoms with Crippen molar-refractivity contribution in [1.29, 1.82) is 0 Å². The minimum absolute atomic E-state index is 0.00599. The van der Waals surface area contributed by atoms with Crippen molar-refractivity contribution < 1.29 is 23.4 Å². The summed E-state index contributed by atoms with van der Waals surface area (Å²) in [7, 11) is 1.65. The number of halogens is 1. The molecule has 5 nitrogen and oxygen atoms in total. The lowest BCUT2D eigenvalue weighted by Crippen LogP contribution is -2.34. The summed E-state index contributed by atoms with van der Waals surface area (Å²) < 4.78 is 29.9. The number of rotatable bonds is 5. The third-order valence-corrected chi connectivity index (χ3v) is 3.52. The van der Waals surface area contributed by atoms with Crippen LogP contribution in [0, 0.1) is 5.82 Å². The van der Waals surface area contributed by atoms with Gasteiger partial charge < -0.3 is 14.2 Å².